The number of anilines is 1. The monoisotopic (exact) mass is 572 g/mol. The van der Waals surface area contributed by atoms with E-state index < -0.39 is 47.6 Å². The molecule has 0 unspecified atom stereocenters. The van der Waals surface area contributed by atoms with E-state index >= 15 is 0 Å². The molecule has 0 bridgehead atoms. The first-order valence-corrected chi connectivity index (χ1v) is 13.6. The second kappa shape index (κ2) is 14.0. The van der Waals surface area contributed by atoms with Gasteiger partial charge in [-0.15, -0.1) is 0 Å². The molecule has 5 amide bonds. The summed E-state index contributed by atoms with van der Waals surface area (Å²) in [5.41, 5.74) is 1.44. The number of amides is 5. The van der Waals surface area contributed by atoms with Crippen LogP contribution in [0.15, 0.2) is 36.4 Å². The maximum Gasteiger partial charge on any atom is 0.359 e. The van der Waals surface area contributed by atoms with Crippen molar-refractivity contribution in [1.29, 1.82) is 0 Å². The van der Waals surface area contributed by atoms with Crippen molar-refractivity contribution >= 4 is 41.2 Å². The molecule has 0 radical (unpaired) electrons. The first-order chi connectivity index (χ1) is 19.4. The summed E-state index contributed by atoms with van der Waals surface area (Å²) in [7, 11) is 0. The average Bonchev–Trinajstić information content (AvgIpc) is 3.23. The number of carbonyl (C=O) groups excluding carboxylic acids is 5. The summed E-state index contributed by atoms with van der Waals surface area (Å²) >= 11 is 0. The molecule has 3 rings (SSSR count). The summed E-state index contributed by atoms with van der Waals surface area (Å²) in [6.45, 7) is 7.67. The minimum atomic E-state index is -0.929. The van der Waals surface area contributed by atoms with Crippen LogP contribution in [-0.4, -0.2) is 101 Å². The second-order valence-electron chi connectivity index (χ2n) is 10.7. The number of carbonyl (C=O) groups is 6. The van der Waals surface area contributed by atoms with Gasteiger partial charge in [-0.3, -0.25) is 28.9 Å². The Labute approximate surface area is 238 Å². The van der Waals surface area contributed by atoms with E-state index in [2.05, 4.69) is 16.0 Å². The van der Waals surface area contributed by atoms with E-state index in [4.69, 9.17) is 4.74 Å². The van der Waals surface area contributed by atoms with Crippen LogP contribution in [0.1, 0.15) is 32.8 Å². The van der Waals surface area contributed by atoms with E-state index in [1.807, 2.05) is 12.1 Å². The summed E-state index contributed by atoms with van der Waals surface area (Å²) in [5.74, 6) is -3.64. The largest absolute Gasteiger partial charge is 0.477 e. The summed E-state index contributed by atoms with van der Waals surface area (Å²) in [6, 6.07) is 5.27. The maximum absolute atomic E-state index is 12.9. The standard InChI is InChI=1S/C28H37N5O8/c1-18(2)26(31-22(34)10-11-32-23(35)8-9-24(32)36)28(40)29-19(3)27(39)30-21-6-4-20(5-7-21)16-33(17-25(37)38)12-14-41-15-13-33/h4-9,18-19,26H,10-17H2,1-3H3,(H3-,29,30,31,34,37,38,39,40)/p+1/t19-,26-/m0/s1. The van der Waals surface area contributed by atoms with Gasteiger partial charge in [-0.1, -0.05) is 26.0 Å². The number of hydrogen-bond acceptors (Lipinski definition) is 7. The number of morpholine rings is 1. The number of rotatable bonds is 13. The quantitative estimate of drug-likeness (QED) is 0.189. The first kappa shape index (κ1) is 31.4. The van der Waals surface area contributed by atoms with Crippen LogP contribution in [0.4, 0.5) is 5.69 Å². The number of benzene rings is 1. The molecule has 1 saturated heterocycles. The molecular weight excluding hydrogens is 534 g/mol. The van der Waals surface area contributed by atoms with Gasteiger partial charge in [-0.2, -0.15) is 0 Å². The van der Waals surface area contributed by atoms with Gasteiger partial charge in [-0.05, 0) is 25.0 Å². The molecule has 0 aliphatic carbocycles. The Kier molecular flexibility index (Phi) is 10.7. The summed E-state index contributed by atoms with van der Waals surface area (Å²) in [5, 5.41) is 17.4. The minimum absolute atomic E-state index is 0.00611. The third-order valence-electron chi connectivity index (χ3n) is 7.11. The van der Waals surface area contributed by atoms with E-state index in [9.17, 15) is 33.9 Å². The molecule has 1 aromatic rings. The molecule has 0 aromatic heterocycles. The van der Waals surface area contributed by atoms with Crippen LogP contribution in [0.3, 0.4) is 0 Å². The van der Waals surface area contributed by atoms with Crippen molar-refractivity contribution in [1.82, 2.24) is 15.5 Å². The molecule has 1 fully saturated rings. The smallest absolute Gasteiger partial charge is 0.359 e. The zero-order chi connectivity index (χ0) is 30.2. The highest BCUT2D eigenvalue weighted by atomic mass is 16.5. The van der Waals surface area contributed by atoms with Crippen molar-refractivity contribution in [3.8, 4) is 0 Å². The first-order valence-electron chi connectivity index (χ1n) is 13.6. The van der Waals surface area contributed by atoms with Gasteiger partial charge in [0.05, 0.1) is 13.2 Å². The molecule has 4 N–H and O–H groups in total. The Hall–Kier alpha value is -4.10. The zero-order valence-corrected chi connectivity index (χ0v) is 23.6. The van der Waals surface area contributed by atoms with E-state index in [0.717, 1.165) is 22.6 Å². The molecule has 2 aliphatic rings. The van der Waals surface area contributed by atoms with Crippen LogP contribution in [0.5, 0.6) is 0 Å². The van der Waals surface area contributed by atoms with Crippen LogP contribution in [-0.2, 0) is 40.0 Å². The molecule has 41 heavy (non-hydrogen) atoms. The fourth-order valence-corrected chi connectivity index (χ4v) is 4.73. The van der Waals surface area contributed by atoms with Crippen molar-refractivity contribution in [3.05, 3.63) is 42.0 Å². The topological polar surface area (TPSA) is 171 Å². The molecule has 1 aromatic carbocycles. The number of nitrogens with zero attached hydrogens (tertiary/aromatic N) is 2. The highest BCUT2D eigenvalue weighted by Gasteiger charge is 2.33. The van der Waals surface area contributed by atoms with E-state index in [1.54, 1.807) is 26.0 Å². The lowest BCUT2D eigenvalue weighted by molar-refractivity contribution is -0.941. The molecule has 2 aliphatic heterocycles. The number of ether oxygens (including phenoxy) is 1. The Morgan fingerprint density at radius 1 is 0.951 bits per heavy atom. The van der Waals surface area contributed by atoms with Crippen LogP contribution >= 0.6 is 0 Å². The number of quaternary nitrogens is 1. The van der Waals surface area contributed by atoms with E-state index in [-0.39, 0.29) is 25.4 Å². The lowest BCUT2D eigenvalue weighted by Gasteiger charge is -2.40. The third-order valence-corrected chi connectivity index (χ3v) is 7.11. The molecular formula is C28H38N5O8+. The molecule has 2 heterocycles. The van der Waals surface area contributed by atoms with Crippen molar-refractivity contribution in [3.63, 3.8) is 0 Å². The van der Waals surface area contributed by atoms with Crippen molar-refractivity contribution in [2.75, 3.05) is 44.7 Å². The average molecular weight is 573 g/mol. The number of hydrogen-bond donors (Lipinski definition) is 4. The maximum atomic E-state index is 12.9. The summed E-state index contributed by atoms with van der Waals surface area (Å²) in [4.78, 5) is 73.8. The second-order valence-corrected chi connectivity index (χ2v) is 10.7. The molecule has 0 spiro atoms. The van der Waals surface area contributed by atoms with Crippen LogP contribution in [0, 0.1) is 5.92 Å². The number of nitrogens with one attached hydrogen (secondary N) is 3. The van der Waals surface area contributed by atoms with Crippen molar-refractivity contribution in [2.45, 2.75) is 45.8 Å². The Morgan fingerprint density at radius 2 is 1.56 bits per heavy atom. The van der Waals surface area contributed by atoms with Gasteiger partial charge in [0.15, 0.2) is 6.54 Å². The van der Waals surface area contributed by atoms with Crippen molar-refractivity contribution in [2.24, 2.45) is 5.92 Å². The van der Waals surface area contributed by atoms with Gasteiger partial charge in [0.1, 0.15) is 31.7 Å². The predicted octanol–water partition coefficient (Wildman–Crippen LogP) is 0.0173. The fraction of sp³-hybridized carbons (Fsp3) is 0.500. The predicted molar refractivity (Wildman–Crippen MR) is 147 cm³/mol. The van der Waals surface area contributed by atoms with E-state index in [0.29, 0.717) is 43.0 Å². The summed E-state index contributed by atoms with van der Waals surface area (Å²) < 4.78 is 5.80. The minimum Gasteiger partial charge on any atom is -0.477 e. The van der Waals surface area contributed by atoms with Crippen LogP contribution in [0.2, 0.25) is 0 Å². The summed E-state index contributed by atoms with van der Waals surface area (Å²) in [6.07, 6.45) is 2.11. The van der Waals surface area contributed by atoms with Crippen LogP contribution in [0.25, 0.3) is 0 Å². The van der Waals surface area contributed by atoms with Gasteiger partial charge in [-0.25, -0.2) is 4.79 Å². The molecule has 222 valence electrons. The number of imide groups is 1. The van der Waals surface area contributed by atoms with E-state index in [1.165, 1.54) is 6.92 Å². The Balaban J connectivity index is 1.51. The highest BCUT2D eigenvalue weighted by molar-refractivity contribution is 6.13. The SMILES string of the molecule is CC(C)[C@H](NC(=O)CCN1C(=O)C=CC1=O)C(=O)N[C@@H](C)C(=O)Nc1ccc(C[N+]2(CC(=O)O)CCOCC2)cc1. The van der Waals surface area contributed by atoms with Gasteiger partial charge in [0.2, 0.25) is 17.7 Å². The van der Waals surface area contributed by atoms with Crippen LogP contribution < -0.4 is 16.0 Å². The van der Waals surface area contributed by atoms with Gasteiger partial charge < -0.3 is 30.3 Å². The zero-order valence-electron chi connectivity index (χ0n) is 23.6. The van der Waals surface area contributed by atoms with Crippen molar-refractivity contribution < 1.29 is 43.1 Å². The highest BCUT2D eigenvalue weighted by Crippen LogP contribution is 2.19. The number of aliphatic carboxylic acids is 1. The lowest BCUT2D eigenvalue weighted by Crippen LogP contribution is -2.56. The van der Waals surface area contributed by atoms with Gasteiger partial charge in [0.25, 0.3) is 11.8 Å². The normalized spacial score (nSPS) is 17.7. The molecule has 0 saturated carbocycles. The molecule has 13 heteroatoms. The Bertz CT molecular complexity index is 1170. The molecule has 13 nitrogen and oxygen atoms in total. The third kappa shape index (κ3) is 8.95. The Morgan fingerprint density at radius 3 is 2.12 bits per heavy atom. The number of carboxylic acid groups (broad SMARTS) is 1. The van der Waals surface area contributed by atoms with Gasteiger partial charge >= 0.3 is 5.97 Å². The van der Waals surface area contributed by atoms with Gasteiger partial charge in [0, 0.05) is 36.4 Å². The number of carboxylic acids is 1. The molecule has 2 atom stereocenters. The fourth-order valence-electron chi connectivity index (χ4n) is 4.73. The lowest BCUT2D eigenvalue weighted by atomic mass is 10.0.